The van der Waals surface area contributed by atoms with Crippen molar-refractivity contribution in [3.63, 3.8) is 0 Å². The zero-order valence-corrected chi connectivity index (χ0v) is 10.3. The second-order valence-corrected chi connectivity index (χ2v) is 3.80. The zero-order chi connectivity index (χ0) is 13.0. The van der Waals surface area contributed by atoms with Gasteiger partial charge >= 0.3 is 0 Å². The van der Waals surface area contributed by atoms with E-state index in [-0.39, 0.29) is 0 Å². The normalized spacial score (nSPS) is 9.83. The van der Waals surface area contributed by atoms with E-state index in [0.29, 0.717) is 23.5 Å². The van der Waals surface area contributed by atoms with Crippen LogP contribution in [0.2, 0.25) is 0 Å². The van der Waals surface area contributed by atoms with Crippen LogP contribution in [0.4, 0.5) is 5.69 Å². The predicted octanol–water partition coefficient (Wildman–Crippen LogP) is 1.91. The minimum Gasteiger partial charge on any atom is -0.495 e. The van der Waals surface area contributed by atoms with E-state index in [4.69, 9.17) is 10.00 Å². The quantitative estimate of drug-likeness (QED) is 0.889. The molecule has 92 valence electrons. The first kappa shape index (κ1) is 12.0. The first-order valence-electron chi connectivity index (χ1n) is 5.53. The molecule has 1 aromatic carbocycles. The lowest BCUT2D eigenvalue weighted by Crippen LogP contribution is -2.07. The zero-order valence-electron chi connectivity index (χ0n) is 10.3. The average Bonchev–Trinajstić information content (AvgIpc) is 2.81. The number of anilines is 1. The molecule has 0 amide bonds. The number of hydrogen-bond donors (Lipinski definition) is 1. The standard InChI is InChI=1S/C13H14N4O/c1-17-7-6-15-12(17)9-16-13-10(8-14)4-3-5-11(13)18-2/h3-7,16H,9H2,1-2H3. The molecular formula is C13H14N4O. The van der Waals surface area contributed by atoms with Gasteiger partial charge in [-0.2, -0.15) is 5.26 Å². The number of aromatic nitrogens is 2. The van der Waals surface area contributed by atoms with Gasteiger partial charge in [-0.15, -0.1) is 0 Å². The number of hydrogen-bond acceptors (Lipinski definition) is 4. The summed E-state index contributed by atoms with van der Waals surface area (Å²) in [6, 6.07) is 7.51. The topological polar surface area (TPSA) is 62.9 Å². The van der Waals surface area contributed by atoms with Crippen LogP contribution in [0.25, 0.3) is 0 Å². The molecule has 0 aliphatic rings. The smallest absolute Gasteiger partial charge is 0.143 e. The Balaban J connectivity index is 2.23. The Morgan fingerprint density at radius 3 is 2.94 bits per heavy atom. The van der Waals surface area contributed by atoms with Gasteiger partial charge < -0.3 is 14.6 Å². The fourth-order valence-corrected chi connectivity index (χ4v) is 1.71. The Morgan fingerprint density at radius 2 is 2.33 bits per heavy atom. The summed E-state index contributed by atoms with van der Waals surface area (Å²) in [5.74, 6) is 1.55. The summed E-state index contributed by atoms with van der Waals surface area (Å²) in [6.45, 7) is 0.540. The molecule has 0 saturated heterocycles. The van der Waals surface area contributed by atoms with Gasteiger partial charge in [0.2, 0.25) is 0 Å². The monoisotopic (exact) mass is 242 g/mol. The number of benzene rings is 1. The number of nitrogens with one attached hydrogen (secondary N) is 1. The van der Waals surface area contributed by atoms with Crippen LogP contribution >= 0.6 is 0 Å². The molecule has 5 nitrogen and oxygen atoms in total. The molecule has 1 aromatic heterocycles. The van der Waals surface area contributed by atoms with E-state index in [2.05, 4.69) is 16.4 Å². The SMILES string of the molecule is COc1cccc(C#N)c1NCc1nccn1C. The van der Waals surface area contributed by atoms with E-state index in [1.165, 1.54) is 0 Å². The lowest BCUT2D eigenvalue weighted by molar-refractivity contribution is 0.416. The van der Waals surface area contributed by atoms with E-state index in [0.717, 1.165) is 5.82 Å². The van der Waals surface area contributed by atoms with Gasteiger partial charge in [0.05, 0.1) is 24.9 Å². The Labute approximate surface area is 106 Å². The van der Waals surface area contributed by atoms with Crippen LogP contribution in [-0.4, -0.2) is 16.7 Å². The third-order valence-corrected chi connectivity index (χ3v) is 2.71. The molecule has 0 spiro atoms. The maximum Gasteiger partial charge on any atom is 0.143 e. The molecule has 0 bridgehead atoms. The van der Waals surface area contributed by atoms with Crippen molar-refractivity contribution in [2.45, 2.75) is 6.54 Å². The van der Waals surface area contributed by atoms with Crippen LogP contribution in [0, 0.1) is 11.3 Å². The number of imidazole rings is 1. The molecular weight excluding hydrogens is 228 g/mol. The van der Waals surface area contributed by atoms with Crippen LogP contribution in [0.15, 0.2) is 30.6 Å². The molecule has 0 fully saturated rings. The van der Waals surface area contributed by atoms with Crippen LogP contribution in [0.5, 0.6) is 5.75 Å². The predicted molar refractivity (Wildman–Crippen MR) is 68.2 cm³/mol. The molecule has 0 radical (unpaired) electrons. The van der Waals surface area contributed by atoms with Gasteiger partial charge in [0, 0.05) is 19.4 Å². The van der Waals surface area contributed by atoms with Crippen molar-refractivity contribution in [1.29, 1.82) is 5.26 Å². The van der Waals surface area contributed by atoms with Crippen molar-refractivity contribution in [3.05, 3.63) is 42.0 Å². The summed E-state index contributed by atoms with van der Waals surface area (Å²) >= 11 is 0. The maximum atomic E-state index is 9.08. The molecule has 0 atom stereocenters. The van der Waals surface area contributed by atoms with Crippen LogP contribution in [-0.2, 0) is 13.6 Å². The van der Waals surface area contributed by atoms with E-state index < -0.39 is 0 Å². The van der Waals surface area contributed by atoms with Crippen LogP contribution in [0.1, 0.15) is 11.4 Å². The van der Waals surface area contributed by atoms with E-state index in [1.807, 2.05) is 23.9 Å². The maximum absolute atomic E-state index is 9.08. The molecule has 0 unspecified atom stereocenters. The largest absolute Gasteiger partial charge is 0.495 e. The number of nitriles is 1. The van der Waals surface area contributed by atoms with Gasteiger partial charge in [0.25, 0.3) is 0 Å². The van der Waals surface area contributed by atoms with Crippen molar-refractivity contribution >= 4 is 5.69 Å². The summed E-state index contributed by atoms with van der Waals surface area (Å²) in [7, 11) is 3.51. The van der Waals surface area contributed by atoms with Gasteiger partial charge in [-0.25, -0.2) is 4.98 Å². The Kier molecular flexibility index (Phi) is 3.49. The van der Waals surface area contributed by atoms with Crippen molar-refractivity contribution in [1.82, 2.24) is 9.55 Å². The summed E-state index contributed by atoms with van der Waals surface area (Å²) in [5.41, 5.74) is 1.26. The number of rotatable bonds is 4. The van der Waals surface area contributed by atoms with Gasteiger partial charge in [-0.3, -0.25) is 0 Å². The summed E-state index contributed by atoms with van der Waals surface area (Å²) in [6.07, 6.45) is 3.62. The highest BCUT2D eigenvalue weighted by Crippen LogP contribution is 2.28. The van der Waals surface area contributed by atoms with Gasteiger partial charge in [0.15, 0.2) is 0 Å². The second kappa shape index (κ2) is 5.23. The number of para-hydroxylation sites is 1. The molecule has 0 aliphatic heterocycles. The molecule has 0 saturated carbocycles. The van der Waals surface area contributed by atoms with Crippen molar-refractivity contribution in [3.8, 4) is 11.8 Å². The average molecular weight is 242 g/mol. The highest BCUT2D eigenvalue weighted by Gasteiger charge is 2.09. The Bertz CT molecular complexity index is 583. The molecule has 2 aromatic rings. The first-order chi connectivity index (χ1) is 8.76. The third kappa shape index (κ3) is 2.28. The third-order valence-electron chi connectivity index (χ3n) is 2.71. The summed E-state index contributed by atoms with van der Waals surface area (Å²) in [4.78, 5) is 4.22. The van der Waals surface area contributed by atoms with Crippen molar-refractivity contribution in [2.75, 3.05) is 12.4 Å². The molecule has 1 N–H and O–H groups in total. The highest BCUT2D eigenvalue weighted by atomic mass is 16.5. The van der Waals surface area contributed by atoms with Crippen LogP contribution in [0.3, 0.4) is 0 Å². The number of methoxy groups -OCH3 is 1. The fraction of sp³-hybridized carbons (Fsp3) is 0.231. The second-order valence-electron chi connectivity index (χ2n) is 3.80. The summed E-state index contributed by atoms with van der Waals surface area (Å²) < 4.78 is 7.17. The van der Waals surface area contributed by atoms with E-state index >= 15 is 0 Å². The Morgan fingerprint density at radius 1 is 1.50 bits per heavy atom. The minimum absolute atomic E-state index is 0.540. The lowest BCUT2D eigenvalue weighted by atomic mass is 10.2. The van der Waals surface area contributed by atoms with Gasteiger partial charge in [-0.1, -0.05) is 6.07 Å². The molecule has 1 heterocycles. The van der Waals surface area contributed by atoms with Crippen molar-refractivity contribution in [2.24, 2.45) is 7.05 Å². The first-order valence-corrected chi connectivity index (χ1v) is 5.53. The van der Waals surface area contributed by atoms with Crippen LogP contribution < -0.4 is 10.1 Å². The Hall–Kier alpha value is -2.48. The minimum atomic E-state index is 0.540. The molecule has 2 rings (SSSR count). The van der Waals surface area contributed by atoms with Crippen molar-refractivity contribution < 1.29 is 4.74 Å². The molecule has 18 heavy (non-hydrogen) atoms. The molecule has 5 heteroatoms. The lowest BCUT2D eigenvalue weighted by Gasteiger charge is -2.12. The number of ether oxygens (including phenoxy) is 1. The van der Waals surface area contributed by atoms with Gasteiger partial charge in [0.1, 0.15) is 17.6 Å². The van der Waals surface area contributed by atoms with Gasteiger partial charge in [-0.05, 0) is 12.1 Å². The molecule has 0 aliphatic carbocycles. The number of nitrogens with zero attached hydrogens (tertiary/aromatic N) is 3. The van der Waals surface area contributed by atoms with E-state index in [9.17, 15) is 0 Å². The fourth-order valence-electron chi connectivity index (χ4n) is 1.71. The van der Waals surface area contributed by atoms with E-state index in [1.54, 1.807) is 25.4 Å². The summed E-state index contributed by atoms with van der Waals surface area (Å²) in [5, 5.41) is 12.3. The highest BCUT2D eigenvalue weighted by molar-refractivity contribution is 5.66. The number of aryl methyl sites for hydroxylation is 1.